The monoisotopic (exact) mass is 396 g/mol. The zero-order valence-electron chi connectivity index (χ0n) is 15.1. The van der Waals surface area contributed by atoms with Gasteiger partial charge in [0, 0.05) is 42.4 Å². The number of primary amides is 1. The van der Waals surface area contributed by atoms with Gasteiger partial charge in [0.05, 0.1) is 19.4 Å². The first-order valence-electron chi connectivity index (χ1n) is 8.86. The molecule has 1 aliphatic rings. The second-order valence-electron chi connectivity index (χ2n) is 6.22. The summed E-state index contributed by atoms with van der Waals surface area (Å²) in [5, 5.41) is 7.05. The van der Waals surface area contributed by atoms with Crippen LogP contribution in [0.15, 0.2) is 48.8 Å². The van der Waals surface area contributed by atoms with Crippen molar-refractivity contribution in [2.75, 3.05) is 41.8 Å². The van der Waals surface area contributed by atoms with Gasteiger partial charge in [0.25, 0.3) is 5.91 Å². The van der Waals surface area contributed by atoms with E-state index in [1.807, 2.05) is 24.3 Å². The van der Waals surface area contributed by atoms with Gasteiger partial charge in [0.2, 0.25) is 0 Å². The number of nitrogens with one attached hydrogen (secondary N) is 2. The Morgan fingerprint density at radius 3 is 2.57 bits per heavy atom. The third-order valence-electron chi connectivity index (χ3n) is 4.28. The number of pyridine rings is 1. The van der Waals surface area contributed by atoms with Gasteiger partial charge >= 0.3 is 0 Å². The first-order valence-corrected chi connectivity index (χ1v) is 9.67. The molecular formula is C19H20N6O2S. The molecule has 9 heteroatoms. The molecular weight excluding hydrogens is 376 g/mol. The van der Waals surface area contributed by atoms with Crippen LogP contribution in [-0.2, 0) is 4.74 Å². The topological polar surface area (TPSA) is 105 Å². The van der Waals surface area contributed by atoms with E-state index in [1.54, 1.807) is 6.20 Å². The van der Waals surface area contributed by atoms with Gasteiger partial charge in [-0.1, -0.05) is 11.3 Å². The second-order valence-corrected chi connectivity index (χ2v) is 7.25. The Bertz CT molecular complexity index is 953. The lowest BCUT2D eigenvalue weighted by Crippen LogP contribution is -2.36. The molecule has 144 valence electrons. The number of nitrogens with zero attached hydrogens (tertiary/aromatic N) is 3. The van der Waals surface area contributed by atoms with Gasteiger partial charge in [0.1, 0.15) is 10.7 Å². The fraction of sp³-hybridized carbons (Fsp3) is 0.211. The maximum absolute atomic E-state index is 11.2. The smallest absolute Gasteiger partial charge is 0.260 e. The van der Waals surface area contributed by atoms with Gasteiger partial charge in [-0.3, -0.25) is 4.79 Å². The average Bonchev–Trinajstić information content (AvgIpc) is 3.18. The first-order chi connectivity index (χ1) is 13.7. The number of amides is 1. The van der Waals surface area contributed by atoms with Crippen LogP contribution in [0.3, 0.4) is 0 Å². The van der Waals surface area contributed by atoms with E-state index in [0.717, 1.165) is 37.7 Å². The quantitative estimate of drug-likeness (QED) is 0.588. The van der Waals surface area contributed by atoms with E-state index in [1.165, 1.54) is 23.2 Å². The molecule has 1 fully saturated rings. The minimum atomic E-state index is -0.483. The van der Waals surface area contributed by atoms with Crippen LogP contribution in [0.5, 0.6) is 0 Å². The number of aromatic nitrogens is 2. The fourth-order valence-electron chi connectivity index (χ4n) is 2.87. The van der Waals surface area contributed by atoms with Crippen molar-refractivity contribution in [3.63, 3.8) is 0 Å². The molecule has 3 heterocycles. The number of thiazole rings is 1. The summed E-state index contributed by atoms with van der Waals surface area (Å²) in [5.74, 6) is 0.221. The van der Waals surface area contributed by atoms with Crippen LogP contribution in [0.1, 0.15) is 9.67 Å². The highest BCUT2D eigenvalue weighted by atomic mass is 32.1. The number of anilines is 5. The molecule has 1 aliphatic heterocycles. The molecule has 28 heavy (non-hydrogen) atoms. The lowest BCUT2D eigenvalue weighted by atomic mass is 10.2. The Morgan fingerprint density at radius 1 is 1.07 bits per heavy atom. The highest BCUT2D eigenvalue weighted by Gasteiger charge is 2.11. The molecule has 0 spiro atoms. The van der Waals surface area contributed by atoms with E-state index in [0.29, 0.717) is 15.8 Å². The van der Waals surface area contributed by atoms with Crippen LogP contribution in [-0.4, -0.2) is 42.2 Å². The molecule has 4 rings (SSSR count). The Balaban J connectivity index is 1.42. The Labute approximate surface area is 166 Å². The van der Waals surface area contributed by atoms with Crippen molar-refractivity contribution in [1.82, 2.24) is 9.97 Å². The third-order valence-corrected chi connectivity index (χ3v) is 5.20. The van der Waals surface area contributed by atoms with Crippen LogP contribution in [0.2, 0.25) is 0 Å². The van der Waals surface area contributed by atoms with Crippen LogP contribution in [0.25, 0.3) is 0 Å². The molecule has 3 aromatic rings. The third kappa shape index (κ3) is 4.38. The zero-order valence-corrected chi connectivity index (χ0v) is 15.9. The molecule has 0 aliphatic carbocycles. The van der Waals surface area contributed by atoms with Crippen LogP contribution in [0.4, 0.5) is 28.0 Å². The van der Waals surface area contributed by atoms with Crippen molar-refractivity contribution < 1.29 is 9.53 Å². The van der Waals surface area contributed by atoms with Crippen molar-refractivity contribution in [3.8, 4) is 0 Å². The lowest BCUT2D eigenvalue weighted by Gasteiger charge is -2.28. The number of rotatable bonds is 6. The summed E-state index contributed by atoms with van der Waals surface area (Å²) in [5.41, 5.74) is 8.21. The predicted octanol–water partition coefficient (Wildman–Crippen LogP) is 2.96. The highest BCUT2D eigenvalue weighted by molar-refractivity contribution is 7.17. The number of nitrogens with two attached hydrogens (primary N) is 1. The maximum atomic E-state index is 11.2. The average molecular weight is 396 g/mol. The summed E-state index contributed by atoms with van der Waals surface area (Å²) >= 11 is 1.21. The Kier molecular flexibility index (Phi) is 5.36. The summed E-state index contributed by atoms with van der Waals surface area (Å²) < 4.78 is 5.40. The lowest BCUT2D eigenvalue weighted by molar-refractivity contribution is 0.100. The Hall–Kier alpha value is -3.17. The van der Waals surface area contributed by atoms with E-state index in [2.05, 4.69) is 37.6 Å². The summed E-state index contributed by atoms with van der Waals surface area (Å²) in [4.78, 5) is 22.4. The van der Waals surface area contributed by atoms with Crippen molar-refractivity contribution in [3.05, 3.63) is 53.7 Å². The van der Waals surface area contributed by atoms with Gasteiger partial charge in [-0.15, -0.1) is 0 Å². The number of carbonyl (C=O) groups is 1. The van der Waals surface area contributed by atoms with Crippen molar-refractivity contribution in [2.45, 2.75) is 0 Å². The zero-order chi connectivity index (χ0) is 19.3. The number of carbonyl (C=O) groups excluding carboxylic acids is 1. The van der Waals surface area contributed by atoms with E-state index in [9.17, 15) is 4.79 Å². The van der Waals surface area contributed by atoms with E-state index < -0.39 is 5.91 Å². The standard InChI is InChI=1S/C19H20N6O2S/c20-18(26)16-12-22-19(28-16)24-14-5-6-21-17(11-14)23-13-1-3-15(4-2-13)25-7-9-27-10-8-25/h1-6,11-12H,7-10H2,(H2,20,26)(H2,21,22,23,24). The molecule has 0 atom stereocenters. The minimum Gasteiger partial charge on any atom is -0.378 e. The largest absolute Gasteiger partial charge is 0.378 e. The van der Waals surface area contributed by atoms with Gasteiger partial charge in [0.15, 0.2) is 5.13 Å². The van der Waals surface area contributed by atoms with Crippen molar-refractivity contribution >= 4 is 45.3 Å². The molecule has 1 saturated heterocycles. The van der Waals surface area contributed by atoms with Crippen LogP contribution < -0.4 is 21.3 Å². The SMILES string of the molecule is NC(=O)c1cnc(Nc2ccnc(Nc3ccc(N4CCOCC4)cc3)c2)s1. The molecule has 0 unspecified atom stereocenters. The van der Waals surface area contributed by atoms with Gasteiger partial charge in [-0.2, -0.15) is 0 Å². The molecule has 1 aromatic carbocycles. The van der Waals surface area contributed by atoms with Crippen molar-refractivity contribution in [1.29, 1.82) is 0 Å². The van der Waals surface area contributed by atoms with Gasteiger partial charge in [-0.25, -0.2) is 9.97 Å². The number of hydrogen-bond acceptors (Lipinski definition) is 8. The molecule has 0 bridgehead atoms. The predicted molar refractivity (Wildman–Crippen MR) is 111 cm³/mol. The van der Waals surface area contributed by atoms with Gasteiger partial charge < -0.3 is 26.0 Å². The van der Waals surface area contributed by atoms with Crippen molar-refractivity contribution in [2.24, 2.45) is 5.73 Å². The second kappa shape index (κ2) is 8.24. The van der Waals surface area contributed by atoms with Gasteiger partial charge in [-0.05, 0) is 30.3 Å². The number of morpholine rings is 1. The fourth-order valence-corrected chi connectivity index (χ4v) is 3.56. The molecule has 0 saturated carbocycles. The first kappa shape index (κ1) is 18.2. The van der Waals surface area contributed by atoms with E-state index >= 15 is 0 Å². The summed E-state index contributed by atoms with van der Waals surface area (Å²) in [6.45, 7) is 3.36. The van der Waals surface area contributed by atoms with Crippen LogP contribution in [0, 0.1) is 0 Å². The summed E-state index contributed by atoms with van der Waals surface area (Å²) in [6, 6.07) is 12.0. The molecule has 4 N–H and O–H groups in total. The van der Waals surface area contributed by atoms with E-state index in [-0.39, 0.29) is 0 Å². The van der Waals surface area contributed by atoms with E-state index in [4.69, 9.17) is 10.5 Å². The minimum absolute atomic E-state index is 0.412. The maximum Gasteiger partial charge on any atom is 0.260 e. The molecule has 8 nitrogen and oxygen atoms in total. The highest BCUT2D eigenvalue weighted by Crippen LogP contribution is 2.25. The van der Waals surface area contributed by atoms with Crippen LogP contribution >= 0.6 is 11.3 Å². The molecule has 2 aromatic heterocycles. The number of benzene rings is 1. The molecule has 1 amide bonds. The Morgan fingerprint density at radius 2 is 1.86 bits per heavy atom. The summed E-state index contributed by atoms with van der Waals surface area (Å²) in [6.07, 6.45) is 3.17. The number of hydrogen-bond donors (Lipinski definition) is 3. The summed E-state index contributed by atoms with van der Waals surface area (Å²) in [7, 11) is 0. The number of ether oxygens (including phenoxy) is 1. The molecule has 0 radical (unpaired) electrons. The normalized spacial score (nSPS) is 13.9.